The van der Waals surface area contributed by atoms with Crippen molar-refractivity contribution in [1.82, 2.24) is 16.0 Å². The second kappa shape index (κ2) is 10.5. The highest BCUT2D eigenvalue weighted by Gasteiger charge is 2.20. The van der Waals surface area contributed by atoms with E-state index in [-0.39, 0.29) is 37.5 Å². The molecule has 0 saturated heterocycles. The summed E-state index contributed by atoms with van der Waals surface area (Å²) in [6, 6.07) is 3.09. The molecule has 1 heterocycles. The number of alkyl halides is 2. The third-order valence-electron chi connectivity index (χ3n) is 4.11. The van der Waals surface area contributed by atoms with E-state index in [1.54, 1.807) is 13.1 Å². The van der Waals surface area contributed by atoms with Crippen LogP contribution in [0, 0.1) is 0 Å². The van der Waals surface area contributed by atoms with Gasteiger partial charge in [0.1, 0.15) is 5.75 Å². The highest BCUT2D eigenvalue weighted by molar-refractivity contribution is 5.81. The van der Waals surface area contributed by atoms with Crippen LogP contribution in [0.3, 0.4) is 0 Å². The molecule has 0 radical (unpaired) electrons. The number of aliphatic imine (C=N–C) groups is 1. The van der Waals surface area contributed by atoms with Crippen molar-refractivity contribution in [3.05, 3.63) is 17.7 Å². The quantitative estimate of drug-likeness (QED) is 0.434. The monoisotopic (exact) mass is 400 g/mol. The van der Waals surface area contributed by atoms with Crippen molar-refractivity contribution >= 4 is 11.9 Å². The standard InChI is InChI=1S/C18H26F2N4O4/c1-4-11(2)24-16(25)5-6-22-18(21-3)23-9-12-7-14-15(27-10-26-14)8-13(12)28-17(19)20/h7-8,11,17H,4-6,9-10H2,1-3H3,(H,24,25)(H2,21,22,23). The molecule has 8 nitrogen and oxygen atoms in total. The van der Waals surface area contributed by atoms with Gasteiger partial charge in [0.05, 0.1) is 0 Å². The number of rotatable bonds is 9. The molecule has 3 N–H and O–H groups in total. The van der Waals surface area contributed by atoms with Crippen LogP contribution in [0.4, 0.5) is 8.78 Å². The molecule has 0 spiro atoms. The summed E-state index contributed by atoms with van der Waals surface area (Å²) in [6.45, 7) is 1.55. The largest absolute Gasteiger partial charge is 0.454 e. The minimum absolute atomic E-state index is 0.00451. The van der Waals surface area contributed by atoms with E-state index < -0.39 is 6.61 Å². The number of nitrogens with one attached hydrogen (secondary N) is 3. The minimum atomic E-state index is -2.96. The number of benzene rings is 1. The maximum absolute atomic E-state index is 12.7. The van der Waals surface area contributed by atoms with Gasteiger partial charge in [-0.1, -0.05) is 6.92 Å². The predicted octanol–water partition coefficient (Wildman–Crippen LogP) is 1.99. The van der Waals surface area contributed by atoms with Crippen LogP contribution in [0.2, 0.25) is 0 Å². The fraction of sp³-hybridized carbons (Fsp3) is 0.556. The van der Waals surface area contributed by atoms with E-state index in [9.17, 15) is 13.6 Å². The van der Waals surface area contributed by atoms with Crippen molar-refractivity contribution in [2.75, 3.05) is 20.4 Å². The summed E-state index contributed by atoms with van der Waals surface area (Å²) in [5.41, 5.74) is 0.460. The maximum atomic E-state index is 12.7. The first-order valence-electron chi connectivity index (χ1n) is 9.04. The van der Waals surface area contributed by atoms with Crippen LogP contribution in [-0.4, -0.2) is 44.9 Å². The Morgan fingerprint density at radius 2 is 2.00 bits per heavy atom. The number of hydrogen-bond acceptors (Lipinski definition) is 5. The molecule has 2 rings (SSSR count). The lowest BCUT2D eigenvalue weighted by Crippen LogP contribution is -2.40. The number of carbonyl (C=O) groups is 1. The first-order chi connectivity index (χ1) is 13.4. The van der Waals surface area contributed by atoms with Gasteiger partial charge in [0, 0.05) is 44.2 Å². The first-order valence-corrected chi connectivity index (χ1v) is 9.04. The predicted molar refractivity (Wildman–Crippen MR) is 99.9 cm³/mol. The molecule has 1 aliphatic heterocycles. The number of carbonyl (C=O) groups excluding carboxylic acids is 1. The molecule has 156 valence electrons. The third-order valence-corrected chi connectivity index (χ3v) is 4.11. The Hall–Kier alpha value is -2.78. The van der Waals surface area contributed by atoms with Crippen molar-refractivity contribution in [3.63, 3.8) is 0 Å². The Morgan fingerprint density at radius 3 is 2.64 bits per heavy atom. The van der Waals surface area contributed by atoms with E-state index in [2.05, 4.69) is 25.7 Å². The van der Waals surface area contributed by atoms with Crippen LogP contribution in [0.25, 0.3) is 0 Å². The molecule has 0 saturated carbocycles. The summed E-state index contributed by atoms with van der Waals surface area (Å²) in [4.78, 5) is 15.9. The zero-order valence-corrected chi connectivity index (χ0v) is 16.2. The van der Waals surface area contributed by atoms with Crippen molar-refractivity contribution in [2.24, 2.45) is 4.99 Å². The van der Waals surface area contributed by atoms with Crippen LogP contribution in [0.15, 0.2) is 17.1 Å². The summed E-state index contributed by atoms with van der Waals surface area (Å²) in [5, 5.41) is 8.89. The van der Waals surface area contributed by atoms with Crippen molar-refractivity contribution in [2.45, 2.75) is 45.9 Å². The van der Waals surface area contributed by atoms with E-state index in [4.69, 9.17) is 9.47 Å². The second-order valence-electron chi connectivity index (χ2n) is 6.17. The van der Waals surface area contributed by atoms with E-state index in [1.165, 1.54) is 6.07 Å². The van der Waals surface area contributed by atoms with Gasteiger partial charge in [0.2, 0.25) is 12.7 Å². The lowest BCUT2D eigenvalue weighted by molar-refractivity contribution is -0.121. The van der Waals surface area contributed by atoms with Gasteiger partial charge in [-0.3, -0.25) is 9.79 Å². The molecule has 0 fully saturated rings. The highest BCUT2D eigenvalue weighted by atomic mass is 19.3. The van der Waals surface area contributed by atoms with Gasteiger partial charge in [-0.05, 0) is 19.4 Å². The van der Waals surface area contributed by atoms with Crippen LogP contribution in [0.5, 0.6) is 17.2 Å². The van der Waals surface area contributed by atoms with E-state index >= 15 is 0 Å². The van der Waals surface area contributed by atoms with Crippen LogP contribution >= 0.6 is 0 Å². The average Bonchev–Trinajstić information content (AvgIpc) is 3.10. The van der Waals surface area contributed by atoms with Gasteiger partial charge in [-0.25, -0.2) is 0 Å². The molecule has 0 bridgehead atoms. The number of hydrogen-bond donors (Lipinski definition) is 3. The van der Waals surface area contributed by atoms with E-state index in [0.29, 0.717) is 29.6 Å². The Balaban J connectivity index is 1.90. The molecule has 1 aromatic rings. The fourth-order valence-electron chi connectivity index (χ4n) is 2.45. The Labute approximate surface area is 162 Å². The van der Waals surface area contributed by atoms with E-state index in [1.807, 2.05) is 13.8 Å². The number of amides is 1. The lowest BCUT2D eigenvalue weighted by Gasteiger charge is -2.16. The molecule has 1 unspecified atom stereocenters. The molecule has 28 heavy (non-hydrogen) atoms. The van der Waals surface area contributed by atoms with E-state index in [0.717, 1.165) is 6.42 Å². The molecule has 1 aromatic carbocycles. The molecular weight excluding hydrogens is 374 g/mol. The Kier molecular flexibility index (Phi) is 8.09. The zero-order chi connectivity index (χ0) is 20.5. The second-order valence-corrected chi connectivity index (χ2v) is 6.17. The van der Waals surface area contributed by atoms with Gasteiger partial charge in [-0.2, -0.15) is 8.78 Å². The number of guanidine groups is 1. The van der Waals surface area contributed by atoms with Crippen LogP contribution in [0.1, 0.15) is 32.3 Å². The van der Waals surface area contributed by atoms with Gasteiger partial charge >= 0.3 is 6.61 Å². The van der Waals surface area contributed by atoms with Crippen LogP contribution < -0.4 is 30.2 Å². The third kappa shape index (κ3) is 6.43. The van der Waals surface area contributed by atoms with Crippen molar-refractivity contribution < 1.29 is 27.8 Å². The first kappa shape index (κ1) is 21.5. The Bertz CT molecular complexity index is 700. The normalized spacial score (nSPS) is 14.0. The molecule has 0 aromatic heterocycles. The molecule has 10 heteroatoms. The molecular formula is C18H26F2N4O4. The van der Waals surface area contributed by atoms with Crippen molar-refractivity contribution in [1.29, 1.82) is 0 Å². The lowest BCUT2D eigenvalue weighted by atomic mass is 10.1. The van der Waals surface area contributed by atoms with Gasteiger partial charge in [-0.15, -0.1) is 0 Å². The SMILES string of the molecule is CCC(C)NC(=O)CCNC(=NC)NCc1cc2c(cc1OC(F)F)OCO2. The van der Waals surface area contributed by atoms with Gasteiger partial charge < -0.3 is 30.2 Å². The zero-order valence-electron chi connectivity index (χ0n) is 16.2. The molecule has 1 atom stereocenters. The number of nitrogens with zero attached hydrogens (tertiary/aromatic N) is 1. The molecule has 1 amide bonds. The summed E-state index contributed by atoms with van der Waals surface area (Å²) < 4.78 is 40.4. The average molecular weight is 400 g/mol. The molecule has 1 aliphatic rings. The van der Waals surface area contributed by atoms with Gasteiger partial charge in [0.15, 0.2) is 17.5 Å². The maximum Gasteiger partial charge on any atom is 0.387 e. The number of fused-ring (bicyclic) bond motifs is 1. The summed E-state index contributed by atoms with van der Waals surface area (Å²) in [6.07, 6.45) is 1.15. The van der Waals surface area contributed by atoms with Crippen molar-refractivity contribution in [3.8, 4) is 17.2 Å². The van der Waals surface area contributed by atoms with Crippen LogP contribution in [-0.2, 0) is 11.3 Å². The fourth-order valence-corrected chi connectivity index (χ4v) is 2.45. The number of halogens is 2. The minimum Gasteiger partial charge on any atom is -0.454 e. The molecule has 0 aliphatic carbocycles. The van der Waals surface area contributed by atoms with Gasteiger partial charge in [0.25, 0.3) is 0 Å². The topological polar surface area (TPSA) is 93.2 Å². The summed E-state index contributed by atoms with van der Waals surface area (Å²) in [7, 11) is 1.57. The number of ether oxygens (including phenoxy) is 3. The highest BCUT2D eigenvalue weighted by Crippen LogP contribution is 2.38. The Morgan fingerprint density at radius 1 is 1.29 bits per heavy atom. The summed E-state index contributed by atoms with van der Waals surface area (Å²) in [5.74, 6) is 1.19. The summed E-state index contributed by atoms with van der Waals surface area (Å²) >= 11 is 0. The smallest absolute Gasteiger partial charge is 0.387 e.